The lowest BCUT2D eigenvalue weighted by Gasteiger charge is -2.32. The standard InChI is InChI=1S/C22H33N3O3/c1-15-19-11-12-24(14-20(19)25(23-15)18-5-3-2-4-6-18)21(26)13-16-7-9-17(10-8-16)22(27)28/h16-18H,2-14H2,1H3,(H,27,28). The van der Waals surface area contributed by atoms with Crippen molar-refractivity contribution >= 4 is 11.9 Å². The van der Waals surface area contributed by atoms with Gasteiger partial charge in [-0.25, -0.2) is 0 Å². The van der Waals surface area contributed by atoms with E-state index in [2.05, 4.69) is 11.6 Å². The van der Waals surface area contributed by atoms with Crippen molar-refractivity contribution in [1.29, 1.82) is 0 Å². The van der Waals surface area contributed by atoms with Gasteiger partial charge in [-0.15, -0.1) is 0 Å². The molecule has 1 N–H and O–H groups in total. The minimum atomic E-state index is -0.681. The van der Waals surface area contributed by atoms with Crippen molar-refractivity contribution in [2.24, 2.45) is 11.8 Å². The summed E-state index contributed by atoms with van der Waals surface area (Å²) in [5.74, 6) is -0.315. The summed E-state index contributed by atoms with van der Waals surface area (Å²) in [5, 5.41) is 14.0. The predicted molar refractivity (Wildman–Crippen MR) is 106 cm³/mol. The highest BCUT2D eigenvalue weighted by Crippen LogP contribution is 2.34. The molecule has 2 fully saturated rings. The van der Waals surface area contributed by atoms with Crippen LogP contribution in [0.2, 0.25) is 0 Å². The molecule has 6 heteroatoms. The normalized spacial score (nSPS) is 26.1. The molecule has 0 atom stereocenters. The molecule has 3 aliphatic rings. The number of aromatic nitrogens is 2. The van der Waals surface area contributed by atoms with Gasteiger partial charge in [0.15, 0.2) is 0 Å². The van der Waals surface area contributed by atoms with Gasteiger partial charge in [0.1, 0.15) is 0 Å². The molecule has 4 rings (SSSR count). The third kappa shape index (κ3) is 3.96. The van der Waals surface area contributed by atoms with Gasteiger partial charge in [-0.3, -0.25) is 14.3 Å². The number of hydrogen-bond donors (Lipinski definition) is 1. The number of carbonyl (C=O) groups excluding carboxylic acids is 1. The van der Waals surface area contributed by atoms with Crippen molar-refractivity contribution in [2.45, 2.75) is 90.1 Å². The SMILES string of the molecule is Cc1nn(C2CCCCC2)c2c1CCN(C(=O)CC1CCC(C(=O)O)CC1)C2. The Balaban J connectivity index is 1.39. The van der Waals surface area contributed by atoms with E-state index in [1.807, 2.05) is 4.90 Å². The predicted octanol–water partition coefficient (Wildman–Crippen LogP) is 3.86. The number of hydrogen-bond acceptors (Lipinski definition) is 3. The second-order valence-electron chi connectivity index (χ2n) is 9.07. The quantitative estimate of drug-likeness (QED) is 0.851. The first-order valence-corrected chi connectivity index (χ1v) is 11.1. The zero-order valence-corrected chi connectivity index (χ0v) is 17.0. The number of carbonyl (C=O) groups is 2. The number of aliphatic carboxylic acids is 1. The van der Waals surface area contributed by atoms with Crippen LogP contribution in [0.3, 0.4) is 0 Å². The molecule has 1 aliphatic heterocycles. The largest absolute Gasteiger partial charge is 0.481 e. The van der Waals surface area contributed by atoms with Gasteiger partial charge in [0.25, 0.3) is 0 Å². The highest BCUT2D eigenvalue weighted by molar-refractivity contribution is 5.77. The fourth-order valence-electron chi connectivity index (χ4n) is 5.46. The van der Waals surface area contributed by atoms with Crippen LogP contribution in [0.25, 0.3) is 0 Å². The van der Waals surface area contributed by atoms with E-state index in [1.54, 1.807) is 0 Å². The third-order valence-corrected chi connectivity index (χ3v) is 7.22. The lowest BCUT2D eigenvalue weighted by molar-refractivity contribution is -0.143. The van der Waals surface area contributed by atoms with Gasteiger partial charge in [-0.2, -0.15) is 5.10 Å². The van der Waals surface area contributed by atoms with Crippen LogP contribution in [-0.2, 0) is 22.6 Å². The molecular formula is C22H33N3O3. The van der Waals surface area contributed by atoms with E-state index >= 15 is 0 Å². The number of nitrogens with zero attached hydrogens (tertiary/aromatic N) is 3. The third-order valence-electron chi connectivity index (χ3n) is 7.22. The fourth-order valence-corrected chi connectivity index (χ4v) is 5.46. The Bertz CT molecular complexity index is 728. The lowest BCUT2D eigenvalue weighted by Crippen LogP contribution is -2.38. The van der Waals surface area contributed by atoms with Crippen molar-refractivity contribution < 1.29 is 14.7 Å². The molecule has 0 bridgehead atoms. The van der Waals surface area contributed by atoms with Gasteiger partial charge in [-0.1, -0.05) is 19.3 Å². The molecule has 0 spiro atoms. The first kappa shape index (κ1) is 19.5. The van der Waals surface area contributed by atoms with Crippen molar-refractivity contribution in [3.05, 3.63) is 17.0 Å². The Morgan fingerprint density at radius 3 is 2.46 bits per heavy atom. The van der Waals surface area contributed by atoms with E-state index in [0.717, 1.165) is 31.5 Å². The number of amides is 1. The zero-order valence-electron chi connectivity index (χ0n) is 17.0. The summed E-state index contributed by atoms with van der Waals surface area (Å²) in [4.78, 5) is 26.1. The van der Waals surface area contributed by atoms with E-state index < -0.39 is 5.97 Å². The first-order valence-electron chi connectivity index (χ1n) is 11.1. The number of carboxylic acid groups (broad SMARTS) is 1. The van der Waals surface area contributed by atoms with E-state index in [1.165, 1.54) is 43.4 Å². The first-order chi connectivity index (χ1) is 13.5. The molecule has 154 valence electrons. The molecule has 0 saturated heterocycles. The molecule has 0 unspecified atom stereocenters. The van der Waals surface area contributed by atoms with Crippen LogP contribution in [0.5, 0.6) is 0 Å². The van der Waals surface area contributed by atoms with Crippen LogP contribution in [0.1, 0.15) is 87.2 Å². The van der Waals surface area contributed by atoms with Crippen LogP contribution in [0.4, 0.5) is 0 Å². The highest BCUT2D eigenvalue weighted by atomic mass is 16.4. The molecule has 6 nitrogen and oxygen atoms in total. The summed E-state index contributed by atoms with van der Waals surface area (Å²) in [6.07, 6.45) is 10.9. The molecule has 2 aliphatic carbocycles. The minimum Gasteiger partial charge on any atom is -0.481 e. The van der Waals surface area contributed by atoms with Crippen molar-refractivity contribution in [3.8, 4) is 0 Å². The minimum absolute atomic E-state index is 0.211. The Kier molecular flexibility index (Phi) is 5.74. The van der Waals surface area contributed by atoms with Gasteiger partial charge >= 0.3 is 5.97 Å². The van der Waals surface area contributed by atoms with Crippen LogP contribution in [-0.4, -0.2) is 38.2 Å². The van der Waals surface area contributed by atoms with Gasteiger partial charge < -0.3 is 10.0 Å². The average molecular weight is 388 g/mol. The van der Waals surface area contributed by atoms with Gasteiger partial charge in [0.05, 0.1) is 29.9 Å². The van der Waals surface area contributed by atoms with Crippen molar-refractivity contribution in [1.82, 2.24) is 14.7 Å². The molecule has 1 amide bonds. The molecule has 1 aromatic rings. The van der Waals surface area contributed by atoms with E-state index in [-0.39, 0.29) is 11.8 Å². The molecular weight excluding hydrogens is 354 g/mol. The monoisotopic (exact) mass is 387 g/mol. The summed E-state index contributed by atoms with van der Waals surface area (Å²) in [7, 11) is 0. The summed E-state index contributed by atoms with van der Waals surface area (Å²) in [6.45, 7) is 3.58. The van der Waals surface area contributed by atoms with Crippen LogP contribution < -0.4 is 0 Å². The maximum Gasteiger partial charge on any atom is 0.306 e. The van der Waals surface area contributed by atoms with Crippen LogP contribution in [0.15, 0.2) is 0 Å². The van der Waals surface area contributed by atoms with Crippen molar-refractivity contribution in [3.63, 3.8) is 0 Å². The number of carboxylic acids is 1. The molecule has 1 aromatic heterocycles. The Morgan fingerprint density at radius 2 is 1.79 bits per heavy atom. The van der Waals surface area contributed by atoms with Gasteiger partial charge in [0.2, 0.25) is 5.91 Å². The average Bonchev–Trinajstić information content (AvgIpc) is 3.05. The number of fused-ring (bicyclic) bond motifs is 1. The molecule has 0 aromatic carbocycles. The topological polar surface area (TPSA) is 75.4 Å². The second kappa shape index (κ2) is 8.26. The summed E-state index contributed by atoms with van der Waals surface area (Å²) in [6, 6.07) is 0.498. The van der Waals surface area contributed by atoms with Crippen LogP contribution in [0, 0.1) is 18.8 Å². The number of rotatable bonds is 4. The van der Waals surface area contributed by atoms with Crippen molar-refractivity contribution in [2.75, 3.05) is 6.54 Å². The van der Waals surface area contributed by atoms with Crippen LogP contribution >= 0.6 is 0 Å². The van der Waals surface area contributed by atoms with Gasteiger partial charge in [0, 0.05) is 13.0 Å². The molecule has 2 saturated carbocycles. The fraction of sp³-hybridized carbons (Fsp3) is 0.773. The maximum absolute atomic E-state index is 13.0. The smallest absolute Gasteiger partial charge is 0.306 e. The molecule has 28 heavy (non-hydrogen) atoms. The molecule has 2 heterocycles. The summed E-state index contributed by atoms with van der Waals surface area (Å²) < 4.78 is 2.25. The zero-order chi connectivity index (χ0) is 19.7. The van der Waals surface area contributed by atoms with E-state index in [4.69, 9.17) is 10.2 Å². The Labute approximate surface area is 167 Å². The second-order valence-corrected chi connectivity index (χ2v) is 9.07. The lowest BCUT2D eigenvalue weighted by atomic mass is 9.80. The number of aryl methyl sites for hydroxylation is 1. The Morgan fingerprint density at radius 1 is 1.07 bits per heavy atom. The maximum atomic E-state index is 13.0. The van der Waals surface area contributed by atoms with E-state index in [9.17, 15) is 9.59 Å². The van der Waals surface area contributed by atoms with E-state index in [0.29, 0.717) is 37.8 Å². The summed E-state index contributed by atoms with van der Waals surface area (Å²) >= 11 is 0. The summed E-state index contributed by atoms with van der Waals surface area (Å²) in [5.41, 5.74) is 3.76. The Hall–Kier alpha value is -1.85. The van der Waals surface area contributed by atoms with Gasteiger partial charge in [-0.05, 0) is 63.4 Å². The highest BCUT2D eigenvalue weighted by Gasteiger charge is 2.32. The molecule has 0 radical (unpaired) electrons.